The Balaban J connectivity index is 1.71. The summed E-state index contributed by atoms with van der Waals surface area (Å²) in [5.74, 6) is 0.406. The van der Waals surface area contributed by atoms with Crippen molar-refractivity contribution in [3.05, 3.63) is 87.5 Å². The van der Waals surface area contributed by atoms with Crippen LogP contribution in [0.1, 0.15) is 22.1 Å². The van der Waals surface area contributed by atoms with Gasteiger partial charge in [0.1, 0.15) is 0 Å². The predicted octanol–water partition coefficient (Wildman–Crippen LogP) is 3.55. The van der Waals surface area contributed by atoms with Gasteiger partial charge in [-0.15, -0.1) is 11.3 Å². The van der Waals surface area contributed by atoms with Gasteiger partial charge in [-0.05, 0) is 29.6 Å². The summed E-state index contributed by atoms with van der Waals surface area (Å²) in [4.78, 5) is 32.8. The summed E-state index contributed by atoms with van der Waals surface area (Å²) in [6.07, 6.45) is -0.458. The molecule has 6 nitrogen and oxygen atoms in total. The Labute approximate surface area is 163 Å². The number of hydrogen-bond acceptors (Lipinski definition) is 5. The summed E-state index contributed by atoms with van der Waals surface area (Å²) in [5, 5.41) is 6.59. The number of fused-ring (bicyclic) bond motifs is 8. The van der Waals surface area contributed by atoms with Crippen LogP contribution in [0.4, 0.5) is 5.69 Å². The number of thiophene rings is 1. The largest absolute Gasteiger partial charge is 0.300 e. The molecule has 2 aliphatic heterocycles. The van der Waals surface area contributed by atoms with Crippen molar-refractivity contribution in [1.29, 1.82) is 0 Å². The van der Waals surface area contributed by atoms with E-state index >= 15 is 0 Å². The molecule has 28 heavy (non-hydrogen) atoms. The molecule has 0 unspecified atom stereocenters. The second-order valence-electron chi connectivity index (χ2n) is 6.66. The molecular weight excluding hydrogens is 372 g/mol. The maximum Gasteiger partial charge on any atom is 0.300 e. The van der Waals surface area contributed by atoms with E-state index in [0.717, 1.165) is 21.7 Å². The summed E-state index contributed by atoms with van der Waals surface area (Å²) >= 11 is 1.44. The number of para-hydroxylation sites is 1. The lowest BCUT2D eigenvalue weighted by molar-refractivity contribution is 0.0986. The molecular formula is C21H12N4O2S. The number of anilines is 1. The lowest BCUT2D eigenvalue weighted by Gasteiger charge is -2.34. The highest BCUT2D eigenvalue weighted by atomic mass is 32.1. The predicted molar refractivity (Wildman–Crippen MR) is 106 cm³/mol. The van der Waals surface area contributed by atoms with Crippen LogP contribution in [0.25, 0.3) is 22.0 Å². The summed E-state index contributed by atoms with van der Waals surface area (Å²) in [6, 6.07) is 18.8. The van der Waals surface area contributed by atoms with Gasteiger partial charge in [-0.2, -0.15) is 10.1 Å². The van der Waals surface area contributed by atoms with E-state index in [9.17, 15) is 9.59 Å². The van der Waals surface area contributed by atoms with E-state index in [1.165, 1.54) is 11.3 Å². The van der Waals surface area contributed by atoms with Gasteiger partial charge in [0, 0.05) is 16.7 Å². The molecule has 1 atom stereocenters. The second-order valence-corrected chi connectivity index (χ2v) is 7.61. The van der Waals surface area contributed by atoms with Crippen molar-refractivity contribution in [2.45, 2.75) is 6.17 Å². The topological polar surface area (TPSA) is 68.1 Å². The minimum atomic E-state index is -0.458. The summed E-state index contributed by atoms with van der Waals surface area (Å²) in [6.45, 7) is 0. The van der Waals surface area contributed by atoms with Crippen molar-refractivity contribution >= 4 is 22.9 Å². The molecule has 0 saturated heterocycles. The highest BCUT2D eigenvalue weighted by molar-refractivity contribution is 7.13. The maximum atomic E-state index is 13.2. The highest BCUT2D eigenvalue weighted by Gasteiger charge is 2.44. The van der Waals surface area contributed by atoms with Crippen molar-refractivity contribution in [3.8, 4) is 22.0 Å². The molecule has 0 aliphatic carbocycles. The molecule has 0 bridgehead atoms. The standard InChI is InChI=1S/C21H12N4O2S/c26-19-17(16-10-5-11-28-16)23-25-18(22-19)14-8-3-4-9-15(14)24-20(25)12-6-1-2-7-13(12)21(24)27/h1-11,20H/t20-/m1/s1. The monoisotopic (exact) mass is 384 g/mol. The van der Waals surface area contributed by atoms with Crippen LogP contribution in [0.15, 0.2) is 70.8 Å². The molecule has 134 valence electrons. The fraction of sp³-hybridized carbons (Fsp3) is 0.0476. The van der Waals surface area contributed by atoms with E-state index in [1.54, 1.807) is 9.58 Å². The number of nitrogens with zero attached hydrogens (tertiary/aromatic N) is 4. The van der Waals surface area contributed by atoms with Crippen LogP contribution in [-0.4, -0.2) is 20.7 Å². The molecule has 0 spiro atoms. The highest BCUT2D eigenvalue weighted by Crippen LogP contribution is 2.46. The number of carbonyl (C=O) groups is 1. The van der Waals surface area contributed by atoms with Gasteiger partial charge in [0.15, 0.2) is 17.7 Å². The average molecular weight is 384 g/mol. The minimum absolute atomic E-state index is 0.0723. The van der Waals surface area contributed by atoms with E-state index in [1.807, 2.05) is 66.0 Å². The number of aromatic nitrogens is 3. The molecule has 2 aromatic heterocycles. The molecule has 7 heteroatoms. The Morgan fingerprint density at radius 1 is 0.893 bits per heavy atom. The van der Waals surface area contributed by atoms with Crippen molar-refractivity contribution in [2.24, 2.45) is 0 Å². The number of hydrogen-bond donors (Lipinski definition) is 0. The first-order chi connectivity index (χ1) is 13.7. The van der Waals surface area contributed by atoms with Crippen LogP contribution in [0.2, 0.25) is 0 Å². The third kappa shape index (κ3) is 1.91. The number of carbonyl (C=O) groups excluding carboxylic acids is 1. The Kier molecular flexibility index (Phi) is 3.02. The number of rotatable bonds is 1. The van der Waals surface area contributed by atoms with E-state index in [4.69, 9.17) is 0 Å². The summed E-state index contributed by atoms with van der Waals surface area (Å²) in [5.41, 5.74) is 2.91. The van der Waals surface area contributed by atoms with Crippen molar-refractivity contribution < 1.29 is 4.79 Å². The number of benzene rings is 2. The lowest BCUT2D eigenvalue weighted by Crippen LogP contribution is -2.39. The normalized spacial score (nSPS) is 16.4. The summed E-state index contributed by atoms with van der Waals surface area (Å²) < 4.78 is 1.71. The second kappa shape index (κ2) is 5.46. The van der Waals surface area contributed by atoms with Gasteiger partial charge in [0.25, 0.3) is 5.91 Å². The molecule has 0 N–H and O–H groups in total. The molecule has 2 aromatic carbocycles. The molecule has 0 saturated carbocycles. The molecule has 4 aromatic rings. The Bertz CT molecular complexity index is 1330. The summed E-state index contributed by atoms with van der Waals surface area (Å²) in [7, 11) is 0. The van der Waals surface area contributed by atoms with Crippen LogP contribution in [0.5, 0.6) is 0 Å². The fourth-order valence-electron chi connectivity index (χ4n) is 3.97. The average Bonchev–Trinajstić information content (AvgIpc) is 3.36. The van der Waals surface area contributed by atoms with Gasteiger partial charge >= 0.3 is 5.56 Å². The third-order valence-corrected chi connectivity index (χ3v) is 6.03. The van der Waals surface area contributed by atoms with Crippen molar-refractivity contribution in [3.63, 3.8) is 0 Å². The van der Waals surface area contributed by atoms with Gasteiger partial charge in [-0.3, -0.25) is 14.5 Å². The van der Waals surface area contributed by atoms with E-state index < -0.39 is 6.17 Å². The van der Waals surface area contributed by atoms with Gasteiger partial charge in [-0.1, -0.05) is 36.4 Å². The van der Waals surface area contributed by atoms with Crippen LogP contribution >= 0.6 is 11.3 Å². The van der Waals surface area contributed by atoms with E-state index in [0.29, 0.717) is 17.1 Å². The zero-order valence-corrected chi connectivity index (χ0v) is 15.3. The van der Waals surface area contributed by atoms with Crippen molar-refractivity contribution in [1.82, 2.24) is 14.8 Å². The Morgan fingerprint density at radius 3 is 2.50 bits per heavy atom. The van der Waals surface area contributed by atoms with Crippen LogP contribution in [0, 0.1) is 0 Å². The van der Waals surface area contributed by atoms with E-state index in [-0.39, 0.29) is 11.5 Å². The van der Waals surface area contributed by atoms with Gasteiger partial charge < -0.3 is 0 Å². The Morgan fingerprint density at radius 2 is 1.68 bits per heavy atom. The third-order valence-electron chi connectivity index (χ3n) is 5.16. The van der Waals surface area contributed by atoms with Gasteiger partial charge in [-0.25, -0.2) is 4.68 Å². The molecule has 4 heterocycles. The molecule has 0 fully saturated rings. The maximum absolute atomic E-state index is 13.2. The van der Waals surface area contributed by atoms with E-state index in [2.05, 4.69) is 10.1 Å². The molecule has 1 amide bonds. The lowest BCUT2D eigenvalue weighted by atomic mass is 10.1. The first-order valence-corrected chi connectivity index (χ1v) is 9.68. The first kappa shape index (κ1) is 15.5. The quantitative estimate of drug-likeness (QED) is 0.503. The Hall–Kier alpha value is -3.58. The smallest absolute Gasteiger partial charge is 0.280 e. The minimum Gasteiger partial charge on any atom is -0.280 e. The van der Waals surface area contributed by atoms with Gasteiger partial charge in [0.2, 0.25) is 0 Å². The molecule has 6 rings (SSSR count). The molecule has 2 aliphatic rings. The van der Waals surface area contributed by atoms with Gasteiger partial charge in [0.05, 0.1) is 10.6 Å². The molecule has 0 radical (unpaired) electrons. The first-order valence-electron chi connectivity index (χ1n) is 8.80. The SMILES string of the molecule is O=C1c2ccccc2[C@@H]2N1c1ccccc1-c1nc(=O)c(-c3cccs3)nn12. The number of amides is 1. The van der Waals surface area contributed by atoms with Crippen LogP contribution in [-0.2, 0) is 0 Å². The zero-order valence-electron chi connectivity index (χ0n) is 14.4. The zero-order chi connectivity index (χ0) is 18.8. The van der Waals surface area contributed by atoms with Crippen molar-refractivity contribution in [2.75, 3.05) is 4.90 Å². The fourth-order valence-corrected chi connectivity index (χ4v) is 4.67. The van der Waals surface area contributed by atoms with Crippen LogP contribution < -0.4 is 10.5 Å². The van der Waals surface area contributed by atoms with Crippen LogP contribution in [0.3, 0.4) is 0 Å².